The summed E-state index contributed by atoms with van der Waals surface area (Å²) in [6, 6.07) is 6.24. The van der Waals surface area contributed by atoms with Gasteiger partial charge in [-0.1, -0.05) is 6.07 Å². The van der Waals surface area contributed by atoms with Crippen molar-refractivity contribution in [1.29, 1.82) is 0 Å². The summed E-state index contributed by atoms with van der Waals surface area (Å²) < 4.78 is 5.32. The van der Waals surface area contributed by atoms with E-state index < -0.39 is 0 Å². The van der Waals surface area contributed by atoms with Crippen molar-refractivity contribution < 1.29 is 14.3 Å². The fraction of sp³-hybridized carbons (Fsp3) is 0.500. The molecule has 3 rings (SSSR count). The predicted molar refractivity (Wildman–Crippen MR) is 87.5 cm³/mol. The Morgan fingerprint density at radius 1 is 1.36 bits per heavy atom. The van der Waals surface area contributed by atoms with Gasteiger partial charge in [0.05, 0.1) is 13.1 Å². The van der Waals surface area contributed by atoms with Gasteiger partial charge in [0, 0.05) is 12.6 Å². The Morgan fingerprint density at radius 2 is 2.14 bits per heavy atom. The van der Waals surface area contributed by atoms with Gasteiger partial charge in [0.1, 0.15) is 6.10 Å². The normalized spacial score (nSPS) is 21.0. The molecule has 0 aromatic heterocycles. The van der Waals surface area contributed by atoms with Gasteiger partial charge in [-0.2, -0.15) is 11.8 Å². The number of aryl methyl sites for hydroxylation is 2. The first-order valence-corrected chi connectivity index (χ1v) is 8.71. The molecule has 0 radical (unpaired) electrons. The van der Waals surface area contributed by atoms with E-state index >= 15 is 0 Å². The lowest BCUT2D eigenvalue weighted by Gasteiger charge is -2.16. The minimum absolute atomic E-state index is 0.114. The van der Waals surface area contributed by atoms with Crippen molar-refractivity contribution in [3.63, 3.8) is 0 Å². The molecule has 2 aliphatic heterocycles. The second-order valence-electron chi connectivity index (χ2n) is 5.62. The zero-order chi connectivity index (χ0) is 15.5. The highest BCUT2D eigenvalue weighted by Gasteiger charge is 2.32. The first kappa shape index (κ1) is 15.2. The first-order valence-electron chi connectivity index (χ1n) is 7.55. The molecular weight excluding hydrogens is 300 g/mol. The van der Waals surface area contributed by atoms with Crippen LogP contribution in [0.15, 0.2) is 18.2 Å². The van der Waals surface area contributed by atoms with E-state index in [0.29, 0.717) is 13.1 Å². The van der Waals surface area contributed by atoms with Gasteiger partial charge < -0.3 is 10.1 Å². The third-order valence-corrected chi connectivity index (χ3v) is 4.97. The molecule has 1 atom stereocenters. The molecule has 2 aliphatic rings. The number of cyclic esters (lactones) is 1. The number of hydrogen-bond donors (Lipinski definition) is 1. The predicted octanol–water partition coefficient (Wildman–Crippen LogP) is 1.98. The Labute approximate surface area is 134 Å². The maximum absolute atomic E-state index is 12.1. The Hall–Kier alpha value is -1.69. The van der Waals surface area contributed by atoms with E-state index in [1.54, 1.807) is 4.90 Å². The van der Waals surface area contributed by atoms with Crippen LogP contribution >= 0.6 is 11.8 Å². The molecule has 1 aromatic rings. The van der Waals surface area contributed by atoms with Gasteiger partial charge in [-0.15, -0.1) is 0 Å². The molecule has 1 fully saturated rings. The summed E-state index contributed by atoms with van der Waals surface area (Å²) in [5, 5.41) is 2.69. The highest BCUT2D eigenvalue weighted by Crippen LogP contribution is 2.27. The molecule has 0 bridgehead atoms. The van der Waals surface area contributed by atoms with Crippen molar-refractivity contribution in [3.8, 4) is 0 Å². The Kier molecular flexibility index (Phi) is 4.57. The van der Waals surface area contributed by atoms with Crippen LogP contribution in [0, 0.1) is 0 Å². The topological polar surface area (TPSA) is 58.6 Å². The number of ether oxygens (including phenoxy) is 1. The van der Waals surface area contributed by atoms with Crippen LogP contribution in [0.25, 0.3) is 0 Å². The standard InChI is InChI=1S/C16H20N2O3S/c1-11(19)17-9-15-10-18(16(20)21-15)14-3-2-12-4-6-22-7-5-13(12)8-14/h2-3,8,15H,4-7,9-10H2,1H3,(H,17,19). The van der Waals surface area contributed by atoms with Gasteiger partial charge in [0.15, 0.2) is 0 Å². The summed E-state index contributed by atoms with van der Waals surface area (Å²) in [5.74, 6) is 2.18. The van der Waals surface area contributed by atoms with Crippen LogP contribution in [0.4, 0.5) is 10.5 Å². The Morgan fingerprint density at radius 3 is 2.91 bits per heavy atom. The summed E-state index contributed by atoms with van der Waals surface area (Å²) in [5.41, 5.74) is 3.61. The third-order valence-electron chi connectivity index (χ3n) is 3.99. The molecule has 1 N–H and O–H groups in total. The number of amides is 2. The van der Waals surface area contributed by atoms with Gasteiger partial charge >= 0.3 is 6.09 Å². The van der Waals surface area contributed by atoms with Gasteiger partial charge in [-0.05, 0) is 47.6 Å². The number of carbonyl (C=O) groups is 2. The lowest BCUT2D eigenvalue weighted by atomic mass is 10.0. The zero-order valence-electron chi connectivity index (χ0n) is 12.6. The maximum atomic E-state index is 12.1. The van der Waals surface area contributed by atoms with Gasteiger partial charge in [-0.3, -0.25) is 9.69 Å². The molecule has 1 unspecified atom stereocenters. The van der Waals surface area contributed by atoms with E-state index in [0.717, 1.165) is 30.0 Å². The lowest BCUT2D eigenvalue weighted by Crippen LogP contribution is -2.33. The molecule has 5 nitrogen and oxygen atoms in total. The average Bonchev–Trinajstić information content (AvgIpc) is 2.71. The number of thioether (sulfide) groups is 1. The third kappa shape index (κ3) is 3.38. The second-order valence-corrected chi connectivity index (χ2v) is 6.84. The van der Waals surface area contributed by atoms with Crippen molar-refractivity contribution in [1.82, 2.24) is 5.32 Å². The minimum atomic E-state index is -0.335. The Bertz CT molecular complexity index is 591. The van der Waals surface area contributed by atoms with Crippen molar-refractivity contribution in [2.45, 2.75) is 25.9 Å². The van der Waals surface area contributed by atoms with E-state index in [2.05, 4.69) is 17.4 Å². The highest BCUT2D eigenvalue weighted by molar-refractivity contribution is 7.99. The van der Waals surface area contributed by atoms with Crippen LogP contribution in [-0.4, -0.2) is 42.7 Å². The quantitative estimate of drug-likeness (QED) is 0.925. The molecule has 22 heavy (non-hydrogen) atoms. The maximum Gasteiger partial charge on any atom is 0.414 e. The Balaban J connectivity index is 1.72. The van der Waals surface area contributed by atoms with Crippen LogP contribution in [0.5, 0.6) is 0 Å². The first-order chi connectivity index (χ1) is 10.6. The number of fused-ring (bicyclic) bond motifs is 1. The lowest BCUT2D eigenvalue weighted by molar-refractivity contribution is -0.119. The van der Waals surface area contributed by atoms with Gasteiger partial charge in [0.2, 0.25) is 5.91 Å². The SMILES string of the molecule is CC(=O)NCC1CN(c2ccc3c(c2)CCSCC3)C(=O)O1. The van der Waals surface area contributed by atoms with Crippen LogP contribution in [0.1, 0.15) is 18.1 Å². The molecular formula is C16H20N2O3S. The molecule has 118 valence electrons. The number of rotatable bonds is 3. The molecule has 2 amide bonds. The van der Waals surface area contributed by atoms with Crippen LogP contribution in [-0.2, 0) is 22.4 Å². The largest absolute Gasteiger partial charge is 0.442 e. The van der Waals surface area contributed by atoms with Crippen molar-refractivity contribution in [2.75, 3.05) is 29.5 Å². The summed E-state index contributed by atoms with van der Waals surface area (Å²) in [6.45, 7) is 2.30. The van der Waals surface area contributed by atoms with Crippen molar-refractivity contribution >= 4 is 29.4 Å². The molecule has 0 saturated carbocycles. The van der Waals surface area contributed by atoms with E-state index in [-0.39, 0.29) is 18.1 Å². The van der Waals surface area contributed by atoms with Crippen LogP contribution in [0.3, 0.4) is 0 Å². The molecule has 1 aromatic carbocycles. The second kappa shape index (κ2) is 6.60. The van der Waals surface area contributed by atoms with Gasteiger partial charge in [-0.25, -0.2) is 4.79 Å². The van der Waals surface area contributed by atoms with Gasteiger partial charge in [0.25, 0.3) is 0 Å². The zero-order valence-corrected chi connectivity index (χ0v) is 13.4. The highest BCUT2D eigenvalue weighted by atomic mass is 32.2. The fourth-order valence-corrected chi connectivity index (χ4v) is 3.75. The summed E-state index contributed by atoms with van der Waals surface area (Å²) in [6.07, 6.45) is 1.52. The van der Waals surface area contributed by atoms with Crippen molar-refractivity contribution in [3.05, 3.63) is 29.3 Å². The van der Waals surface area contributed by atoms with E-state index in [9.17, 15) is 9.59 Å². The van der Waals surface area contributed by atoms with E-state index in [1.165, 1.54) is 18.1 Å². The monoisotopic (exact) mass is 320 g/mol. The summed E-state index contributed by atoms with van der Waals surface area (Å²) >= 11 is 1.98. The smallest absolute Gasteiger partial charge is 0.414 e. The summed E-state index contributed by atoms with van der Waals surface area (Å²) in [4.78, 5) is 24.7. The van der Waals surface area contributed by atoms with E-state index in [4.69, 9.17) is 4.74 Å². The molecule has 1 saturated heterocycles. The average molecular weight is 320 g/mol. The van der Waals surface area contributed by atoms with Crippen molar-refractivity contribution in [2.24, 2.45) is 0 Å². The number of hydrogen-bond acceptors (Lipinski definition) is 4. The number of anilines is 1. The molecule has 6 heteroatoms. The molecule has 0 spiro atoms. The van der Waals surface area contributed by atoms with Crippen LogP contribution < -0.4 is 10.2 Å². The molecule has 2 heterocycles. The number of benzene rings is 1. The number of nitrogens with one attached hydrogen (secondary N) is 1. The molecule has 0 aliphatic carbocycles. The van der Waals surface area contributed by atoms with Crippen LogP contribution in [0.2, 0.25) is 0 Å². The fourth-order valence-electron chi connectivity index (χ4n) is 2.82. The van der Waals surface area contributed by atoms with E-state index in [1.807, 2.05) is 17.8 Å². The number of carbonyl (C=O) groups excluding carboxylic acids is 2. The minimum Gasteiger partial charge on any atom is -0.442 e. The summed E-state index contributed by atoms with van der Waals surface area (Å²) in [7, 11) is 0. The number of nitrogens with zero attached hydrogens (tertiary/aromatic N) is 1.